The Morgan fingerprint density at radius 3 is 2.48 bits per heavy atom. The van der Waals surface area contributed by atoms with Crippen molar-refractivity contribution in [2.45, 2.75) is 0 Å². The first-order valence-electron chi connectivity index (χ1n) is 6.29. The second-order valence-electron chi connectivity index (χ2n) is 4.39. The van der Waals surface area contributed by atoms with Crippen LogP contribution < -0.4 is 5.32 Å². The third kappa shape index (κ3) is 2.69. The van der Waals surface area contributed by atoms with E-state index < -0.39 is 0 Å². The molecular formula is C16H10N4O. The first-order valence-corrected chi connectivity index (χ1v) is 6.29. The summed E-state index contributed by atoms with van der Waals surface area (Å²) in [6, 6.07) is 16.0. The second-order valence-corrected chi connectivity index (χ2v) is 4.39. The third-order valence-electron chi connectivity index (χ3n) is 2.95. The highest BCUT2D eigenvalue weighted by Crippen LogP contribution is 2.12. The summed E-state index contributed by atoms with van der Waals surface area (Å²) >= 11 is 0. The molecule has 1 N–H and O–H groups in total. The van der Waals surface area contributed by atoms with Crippen LogP contribution in [0.3, 0.4) is 0 Å². The molecule has 0 aliphatic heterocycles. The van der Waals surface area contributed by atoms with Crippen molar-refractivity contribution in [3.05, 3.63) is 66.0 Å². The molecule has 0 fully saturated rings. The highest BCUT2D eigenvalue weighted by atomic mass is 16.1. The van der Waals surface area contributed by atoms with Gasteiger partial charge < -0.3 is 5.32 Å². The van der Waals surface area contributed by atoms with Gasteiger partial charge in [0.25, 0.3) is 5.91 Å². The van der Waals surface area contributed by atoms with Crippen molar-refractivity contribution >= 4 is 22.6 Å². The number of benzene rings is 2. The maximum absolute atomic E-state index is 12.1. The van der Waals surface area contributed by atoms with Gasteiger partial charge in [-0.3, -0.25) is 9.78 Å². The monoisotopic (exact) mass is 274 g/mol. The lowest BCUT2D eigenvalue weighted by Gasteiger charge is -2.05. The van der Waals surface area contributed by atoms with Gasteiger partial charge in [0.05, 0.1) is 28.9 Å². The van der Waals surface area contributed by atoms with E-state index in [1.54, 1.807) is 30.3 Å². The summed E-state index contributed by atoms with van der Waals surface area (Å²) in [6.45, 7) is 0. The normalized spacial score (nSPS) is 10.0. The van der Waals surface area contributed by atoms with Gasteiger partial charge in [-0.05, 0) is 36.4 Å². The number of nitrogens with one attached hydrogen (secondary N) is 1. The number of nitrogens with zero attached hydrogens (tertiary/aromatic N) is 3. The van der Waals surface area contributed by atoms with Crippen molar-refractivity contribution in [3.63, 3.8) is 0 Å². The molecule has 0 aliphatic carbocycles. The highest BCUT2D eigenvalue weighted by molar-refractivity contribution is 6.03. The molecule has 0 spiro atoms. The van der Waals surface area contributed by atoms with Crippen molar-refractivity contribution in [1.29, 1.82) is 5.26 Å². The van der Waals surface area contributed by atoms with Crippen LogP contribution in [0.5, 0.6) is 0 Å². The number of carbonyl (C=O) groups excluding carboxylic acids is 1. The molecule has 2 aromatic carbocycles. The lowest BCUT2D eigenvalue weighted by Crippen LogP contribution is -2.14. The number of fused-ring (bicyclic) bond motifs is 1. The van der Waals surface area contributed by atoms with Gasteiger partial charge in [-0.2, -0.15) is 5.26 Å². The number of carbonyl (C=O) groups is 1. The van der Waals surface area contributed by atoms with Gasteiger partial charge in [0.2, 0.25) is 0 Å². The molecule has 1 amide bonds. The number of rotatable bonds is 2. The van der Waals surface area contributed by atoms with Crippen molar-refractivity contribution in [1.82, 2.24) is 9.97 Å². The molecule has 100 valence electrons. The Morgan fingerprint density at radius 2 is 1.76 bits per heavy atom. The zero-order valence-corrected chi connectivity index (χ0v) is 10.9. The van der Waals surface area contributed by atoms with Gasteiger partial charge in [0.15, 0.2) is 0 Å². The van der Waals surface area contributed by atoms with Crippen molar-refractivity contribution in [2.75, 3.05) is 5.32 Å². The Labute approximate surface area is 120 Å². The minimum absolute atomic E-state index is 0.248. The van der Waals surface area contributed by atoms with Crippen LogP contribution in [0.15, 0.2) is 54.7 Å². The van der Waals surface area contributed by atoms with Gasteiger partial charge in [-0.25, -0.2) is 4.98 Å². The molecule has 21 heavy (non-hydrogen) atoms. The number of para-hydroxylation sites is 2. The van der Waals surface area contributed by atoms with Crippen LogP contribution in [0.25, 0.3) is 11.0 Å². The van der Waals surface area contributed by atoms with Crippen molar-refractivity contribution in [3.8, 4) is 6.07 Å². The zero-order valence-electron chi connectivity index (χ0n) is 10.9. The van der Waals surface area contributed by atoms with Crippen LogP contribution in [0.1, 0.15) is 16.1 Å². The van der Waals surface area contributed by atoms with Crippen molar-refractivity contribution in [2.24, 2.45) is 0 Å². The van der Waals surface area contributed by atoms with E-state index in [2.05, 4.69) is 15.3 Å². The lowest BCUT2D eigenvalue weighted by atomic mass is 10.2. The van der Waals surface area contributed by atoms with E-state index >= 15 is 0 Å². The number of aromatic nitrogens is 2. The first kappa shape index (κ1) is 12.8. The van der Waals surface area contributed by atoms with Crippen LogP contribution in [0, 0.1) is 11.3 Å². The molecule has 3 aromatic rings. The maximum atomic E-state index is 12.1. The number of anilines is 1. The van der Waals surface area contributed by atoms with E-state index in [4.69, 9.17) is 5.26 Å². The minimum atomic E-state index is -0.335. The van der Waals surface area contributed by atoms with Gasteiger partial charge in [0.1, 0.15) is 5.69 Å². The Bertz CT molecular complexity index is 850. The summed E-state index contributed by atoms with van der Waals surface area (Å²) in [5.74, 6) is -0.335. The summed E-state index contributed by atoms with van der Waals surface area (Å²) in [5, 5.41) is 11.5. The first-order chi connectivity index (χ1) is 10.3. The number of amides is 1. The fourth-order valence-corrected chi connectivity index (χ4v) is 1.89. The fraction of sp³-hybridized carbons (Fsp3) is 0. The molecule has 5 nitrogen and oxygen atoms in total. The molecule has 0 atom stereocenters. The second kappa shape index (κ2) is 5.39. The fourth-order valence-electron chi connectivity index (χ4n) is 1.89. The average Bonchev–Trinajstić information content (AvgIpc) is 2.55. The van der Waals surface area contributed by atoms with E-state index in [0.29, 0.717) is 16.8 Å². The Hall–Kier alpha value is -3.26. The molecular weight excluding hydrogens is 264 g/mol. The SMILES string of the molecule is N#Cc1ccc(NC(=O)c2cnc3ccccc3n2)cc1. The summed E-state index contributed by atoms with van der Waals surface area (Å²) in [4.78, 5) is 20.6. The maximum Gasteiger partial charge on any atom is 0.275 e. The van der Waals surface area contributed by atoms with E-state index in [1.807, 2.05) is 24.3 Å². The largest absolute Gasteiger partial charge is 0.321 e. The van der Waals surface area contributed by atoms with Gasteiger partial charge in [-0.15, -0.1) is 0 Å². The summed E-state index contributed by atoms with van der Waals surface area (Å²) in [7, 11) is 0. The molecule has 0 saturated carbocycles. The molecule has 0 saturated heterocycles. The van der Waals surface area contributed by atoms with Crippen LogP contribution in [0.2, 0.25) is 0 Å². The van der Waals surface area contributed by atoms with Gasteiger partial charge in [0, 0.05) is 5.69 Å². The van der Waals surface area contributed by atoms with Crippen LogP contribution in [-0.2, 0) is 0 Å². The Morgan fingerprint density at radius 1 is 1.05 bits per heavy atom. The van der Waals surface area contributed by atoms with E-state index in [-0.39, 0.29) is 11.6 Å². The number of hydrogen-bond acceptors (Lipinski definition) is 4. The molecule has 0 aliphatic rings. The van der Waals surface area contributed by atoms with Crippen LogP contribution >= 0.6 is 0 Å². The standard InChI is InChI=1S/C16H10N4O/c17-9-11-5-7-12(8-6-11)19-16(21)15-10-18-13-3-1-2-4-14(13)20-15/h1-8,10H,(H,19,21). The molecule has 0 bridgehead atoms. The van der Waals surface area contributed by atoms with E-state index in [9.17, 15) is 4.79 Å². The molecule has 3 rings (SSSR count). The minimum Gasteiger partial charge on any atom is -0.321 e. The molecule has 5 heteroatoms. The smallest absolute Gasteiger partial charge is 0.275 e. The average molecular weight is 274 g/mol. The van der Waals surface area contributed by atoms with Gasteiger partial charge in [-0.1, -0.05) is 12.1 Å². The highest BCUT2D eigenvalue weighted by Gasteiger charge is 2.09. The molecule has 1 aromatic heterocycles. The number of hydrogen-bond donors (Lipinski definition) is 1. The zero-order chi connectivity index (χ0) is 14.7. The number of nitriles is 1. The lowest BCUT2D eigenvalue weighted by molar-refractivity contribution is 0.102. The van der Waals surface area contributed by atoms with E-state index in [1.165, 1.54) is 6.20 Å². The summed E-state index contributed by atoms with van der Waals surface area (Å²) < 4.78 is 0. The van der Waals surface area contributed by atoms with E-state index in [0.717, 1.165) is 5.52 Å². The predicted octanol–water partition coefficient (Wildman–Crippen LogP) is 2.75. The van der Waals surface area contributed by atoms with Crippen LogP contribution in [0.4, 0.5) is 5.69 Å². The predicted molar refractivity (Wildman–Crippen MR) is 78.6 cm³/mol. The third-order valence-corrected chi connectivity index (χ3v) is 2.95. The Balaban J connectivity index is 1.84. The molecule has 0 unspecified atom stereocenters. The Kier molecular flexibility index (Phi) is 3.27. The summed E-state index contributed by atoms with van der Waals surface area (Å²) in [6.07, 6.45) is 1.45. The summed E-state index contributed by atoms with van der Waals surface area (Å²) in [5.41, 5.74) is 2.81. The topological polar surface area (TPSA) is 78.7 Å². The van der Waals surface area contributed by atoms with Gasteiger partial charge >= 0.3 is 0 Å². The molecule has 1 heterocycles. The van der Waals surface area contributed by atoms with Crippen LogP contribution in [-0.4, -0.2) is 15.9 Å². The molecule has 0 radical (unpaired) electrons. The van der Waals surface area contributed by atoms with Crippen molar-refractivity contribution < 1.29 is 4.79 Å². The quantitative estimate of drug-likeness (QED) is 0.779.